The minimum Gasteiger partial charge on any atom is -0.453 e. The average molecular weight is 626 g/mol. The highest BCUT2D eigenvalue weighted by Gasteiger charge is 2.47. The molecular formula is C47H31NO. The largest absolute Gasteiger partial charge is 0.453 e. The van der Waals surface area contributed by atoms with Crippen LogP contribution in [0.15, 0.2) is 192 Å². The molecular weight excluding hydrogens is 595 g/mol. The van der Waals surface area contributed by atoms with Crippen molar-refractivity contribution >= 4 is 49.8 Å². The van der Waals surface area contributed by atoms with E-state index in [-0.39, 0.29) is 0 Å². The second-order valence-corrected chi connectivity index (χ2v) is 12.8. The number of fused-ring (bicyclic) bond motifs is 8. The van der Waals surface area contributed by atoms with E-state index in [9.17, 15) is 0 Å². The molecule has 2 nitrogen and oxygen atoms in total. The maximum absolute atomic E-state index is 6.95. The van der Waals surface area contributed by atoms with Gasteiger partial charge in [-0.05, 0) is 63.5 Å². The zero-order valence-electron chi connectivity index (χ0n) is 26.8. The summed E-state index contributed by atoms with van der Waals surface area (Å²) in [6.07, 6.45) is 0. The van der Waals surface area contributed by atoms with Crippen LogP contribution in [0.2, 0.25) is 0 Å². The number of anilines is 3. The van der Waals surface area contributed by atoms with Crippen molar-refractivity contribution in [2.75, 3.05) is 4.90 Å². The number of hydrogen-bond acceptors (Lipinski definition) is 2. The first-order chi connectivity index (χ1) is 24.3. The Labute approximate surface area is 285 Å². The number of nitrogens with zero attached hydrogens (tertiary/aromatic N) is 1. The normalized spacial score (nSPS) is 13.1. The van der Waals surface area contributed by atoms with E-state index in [1.54, 1.807) is 0 Å². The SMILES string of the molecule is c1ccc(N(c2cccc3c2-c2ccccc2C3(c2ccccc2)c2ccccc2)c2cccc3c2oc2c4ccccc4ccc32)cc1. The van der Waals surface area contributed by atoms with Gasteiger partial charge in [-0.25, -0.2) is 0 Å². The summed E-state index contributed by atoms with van der Waals surface area (Å²) in [6.45, 7) is 0. The van der Waals surface area contributed by atoms with Gasteiger partial charge in [0.1, 0.15) is 5.58 Å². The summed E-state index contributed by atoms with van der Waals surface area (Å²) in [6, 6.07) is 67.8. The lowest BCUT2D eigenvalue weighted by Gasteiger charge is -2.34. The van der Waals surface area contributed by atoms with Gasteiger partial charge < -0.3 is 9.32 Å². The minimum atomic E-state index is -0.489. The molecule has 1 aliphatic rings. The third-order valence-electron chi connectivity index (χ3n) is 10.3. The van der Waals surface area contributed by atoms with Crippen LogP contribution in [-0.4, -0.2) is 0 Å². The van der Waals surface area contributed by atoms with Crippen molar-refractivity contribution in [2.45, 2.75) is 5.41 Å². The lowest BCUT2D eigenvalue weighted by Crippen LogP contribution is -2.28. The highest BCUT2D eigenvalue weighted by molar-refractivity contribution is 6.17. The zero-order chi connectivity index (χ0) is 32.4. The van der Waals surface area contributed by atoms with Crippen LogP contribution in [0.4, 0.5) is 17.1 Å². The molecule has 0 radical (unpaired) electrons. The summed E-state index contributed by atoms with van der Waals surface area (Å²) in [5, 5.41) is 4.53. The molecule has 10 rings (SSSR count). The van der Waals surface area contributed by atoms with Gasteiger partial charge in [0.05, 0.1) is 16.8 Å². The minimum absolute atomic E-state index is 0.489. The van der Waals surface area contributed by atoms with Crippen molar-refractivity contribution in [3.05, 3.63) is 210 Å². The Bertz CT molecular complexity index is 2620. The Morgan fingerprint density at radius 3 is 1.73 bits per heavy atom. The van der Waals surface area contributed by atoms with Crippen LogP contribution in [0.3, 0.4) is 0 Å². The summed E-state index contributed by atoms with van der Waals surface area (Å²) in [4.78, 5) is 2.40. The van der Waals surface area contributed by atoms with Crippen molar-refractivity contribution in [3.8, 4) is 11.1 Å². The van der Waals surface area contributed by atoms with E-state index in [2.05, 4.69) is 193 Å². The van der Waals surface area contributed by atoms with Gasteiger partial charge >= 0.3 is 0 Å². The molecule has 0 aliphatic heterocycles. The summed E-state index contributed by atoms with van der Waals surface area (Å²) < 4.78 is 6.95. The number of para-hydroxylation sites is 2. The molecule has 0 N–H and O–H groups in total. The van der Waals surface area contributed by atoms with Gasteiger partial charge in [0.25, 0.3) is 0 Å². The lowest BCUT2D eigenvalue weighted by atomic mass is 9.68. The maximum Gasteiger partial charge on any atom is 0.159 e. The van der Waals surface area contributed by atoms with E-state index in [1.807, 2.05) is 0 Å². The Morgan fingerprint density at radius 1 is 0.388 bits per heavy atom. The molecule has 0 unspecified atom stereocenters. The second kappa shape index (κ2) is 10.8. The molecule has 49 heavy (non-hydrogen) atoms. The Hall–Kier alpha value is -6.38. The molecule has 0 amide bonds. The van der Waals surface area contributed by atoms with Crippen molar-refractivity contribution < 1.29 is 4.42 Å². The molecule has 230 valence electrons. The molecule has 0 saturated heterocycles. The van der Waals surface area contributed by atoms with Crippen LogP contribution in [0.25, 0.3) is 43.8 Å². The van der Waals surface area contributed by atoms with Crippen LogP contribution >= 0.6 is 0 Å². The Morgan fingerprint density at radius 2 is 0.959 bits per heavy atom. The van der Waals surface area contributed by atoms with Gasteiger partial charge in [0.15, 0.2) is 5.58 Å². The van der Waals surface area contributed by atoms with Gasteiger partial charge in [-0.3, -0.25) is 0 Å². The van der Waals surface area contributed by atoms with Crippen LogP contribution in [-0.2, 0) is 5.41 Å². The summed E-state index contributed by atoms with van der Waals surface area (Å²) in [5.41, 5.74) is 12.0. The van der Waals surface area contributed by atoms with Crippen molar-refractivity contribution in [2.24, 2.45) is 0 Å². The quantitative estimate of drug-likeness (QED) is 0.189. The van der Waals surface area contributed by atoms with Gasteiger partial charge in [-0.2, -0.15) is 0 Å². The zero-order valence-corrected chi connectivity index (χ0v) is 26.8. The van der Waals surface area contributed by atoms with Crippen molar-refractivity contribution in [1.82, 2.24) is 0 Å². The van der Waals surface area contributed by atoms with Gasteiger partial charge in [0.2, 0.25) is 0 Å². The predicted molar refractivity (Wildman–Crippen MR) is 203 cm³/mol. The molecule has 9 aromatic rings. The number of hydrogen-bond donors (Lipinski definition) is 0. The van der Waals surface area contributed by atoms with E-state index in [1.165, 1.54) is 38.8 Å². The second-order valence-electron chi connectivity index (χ2n) is 12.8. The van der Waals surface area contributed by atoms with E-state index in [4.69, 9.17) is 4.42 Å². The molecule has 2 heteroatoms. The summed E-state index contributed by atoms with van der Waals surface area (Å²) in [7, 11) is 0. The van der Waals surface area contributed by atoms with Crippen LogP contribution in [0.1, 0.15) is 22.3 Å². The topological polar surface area (TPSA) is 16.4 Å². The maximum atomic E-state index is 6.95. The molecule has 1 aromatic heterocycles. The molecule has 0 spiro atoms. The first-order valence-electron chi connectivity index (χ1n) is 16.9. The van der Waals surface area contributed by atoms with Crippen molar-refractivity contribution in [3.63, 3.8) is 0 Å². The third kappa shape index (κ3) is 3.95. The molecule has 0 atom stereocenters. The third-order valence-corrected chi connectivity index (χ3v) is 10.3. The monoisotopic (exact) mass is 625 g/mol. The van der Waals surface area contributed by atoms with Crippen LogP contribution in [0, 0.1) is 0 Å². The highest BCUT2D eigenvalue weighted by Crippen LogP contribution is 2.59. The van der Waals surface area contributed by atoms with Gasteiger partial charge in [-0.15, -0.1) is 0 Å². The smallest absolute Gasteiger partial charge is 0.159 e. The molecule has 0 saturated carbocycles. The molecule has 0 fully saturated rings. The number of rotatable bonds is 5. The van der Waals surface area contributed by atoms with Gasteiger partial charge in [-0.1, -0.05) is 158 Å². The predicted octanol–water partition coefficient (Wildman–Crippen LogP) is 12.6. The Balaban J connectivity index is 1.31. The Kier molecular flexibility index (Phi) is 6.13. The van der Waals surface area contributed by atoms with Crippen LogP contribution in [0.5, 0.6) is 0 Å². The lowest BCUT2D eigenvalue weighted by molar-refractivity contribution is 0.673. The van der Waals surface area contributed by atoms with Gasteiger partial charge in [0, 0.05) is 27.4 Å². The fourth-order valence-corrected chi connectivity index (χ4v) is 8.33. The molecule has 1 aliphatic carbocycles. The van der Waals surface area contributed by atoms with E-state index >= 15 is 0 Å². The molecule has 1 heterocycles. The fraction of sp³-hybridized carbons (Fsp3) is 0.0213. The number of benzene rings is 8. The molecule has 8 aromatic carbocycles. The standard InChI is InChI=1S/C47H31NO/c1-4-17-33(18-5-1)47(34-19-6-2-7-20-34)40-26-13-12-24-39(40)44-41(47)27-15-28-42(44)48(35-21-8-3-9-22-35)43-29-14-25-37-38-31-30-32-16-10-11-23-36(32)45(38)49-46(37)43/h1-31H. The first kappa shape index (κ1) is 27.7. The van der Waals surface area contributed by atoms with Crippen LogP contribution < -0.4 is 4.90 Å². The molecule has 0 bridgehead atoms. The summed E-state index contributed by atoms with van der Waals surface area (Å²) >= 11 is 0. The highest BCUT2D eigenvalue weighted by atomic mass is 16.3. The van der Waals surface area contributed by atoms with Crippen molar-refractivity contribution in [1.29, 1.82) is 0 Å². The fourth-order valence-electron chi connectivity index (χ4n) is 8.33. The first-order valence-corrected chi connectivity index (χ1v) is 16.9. The van der Waals surface area contributed by atoms with E-state index in [0.29, 0.717) is 0 Å². The van der Waals surface area contributed by atoms with E-state index in [0.717, 1.165) is 44.4 Å². The number of furan rings is 1. The average Bonchev–Trinajstić information content (AvgIpc) is 3.72. The van der Waals surface area contributed by atoms with E-state index < -0.39 is 5.41 Å². The summed E-state index contributed by atoms with van der Waals surface area (Å²) in [5.74, 6) is 0.